The number of phenols is 1. The number of hydrogen-bond donors (Lipinski definition) is 1. The van der Waals surface area contributed by atoms with E-state index in [4.69, 9.17) is 4.74 Å². The fourth-order valence-electron chi connectivity index (χ4n) is 3.14. The first-order chi connectivity index (χ1) is 14.6. The van der Waals surface area contributed by atoms with Crippen LogP contribution in [0.2, 0.25) is 0 Å². The summed E-state index contributed by atoms with van der Waals surface area (Å²) in [6, 6.07) is 33.0. The predicted molar refractivity (Wildman–Crippen MR) is 119 cm³/mol. The molecule has 1 N–H and O–H groups in total. The van der Waals surface area contributed by atoms with Crippen molar-refractivity contribution in [2.24, 2.45) is 0 Å². The molecule has 0 radical (unpaired) electrons. The zero-order valence-corrected chi connectivity index (χ0v) is 17.3. The van der Waals surface area contributed by atoms with Gasteiger partial charge in [0.25, 0.3) is 0 Å². The Morgan fingerprint density at radius 3 is 1.93 bits per heavy atom. The number of aromatic hydroxyl groups is 1. The van der Waals surface area contributed by atoms with Gasteiger partial charge in [-0.25, -0.2) is 4.79 Å². The van der Waals surface area contributed by atoms with Gasteiger partial charge in [-0.2, -0.15) is 0 Å². The molecule has 4 aromatic rings. The average molecular weight is 414 g/mol. The molecule has 0 fully saturated rings. The molecule has 0 spiro atoms. The van der Waals surface area contributed by atoms with Crippen LogP contribution in [0.4, 0.5) is 0 Å². The van der Waals surface area contributed by atoms with Gasteiger partial charge in [0.05, 0.1) is 16.5 Å². The lowest BCUT2D eigenvalue weighted by atomic mass is 10.2. The first-order valence-electron chi connectivity index (χ1n) is 9.59. The van der Waals surface area contributed by atoms with Gasteiger partial charge in [0.2, 0.25) is 0 Å². The lowest BCUT2D eigenvalue weighted by Gasteiger charge is -2.10. The van der Waals surface area contributed by atoms with E-state index in [1.165, 1.54) is 9.79 Å². The molecule has 0 saturated carbocycles. The second kappa shape index (κ2) is 8.89. The van der Waals surface area contributed by atoms with Crippen molar-refractivity contribution in [2.45, 2.75) is 21.6 Å². The van der Waals surface area contributed by atoms with Gasteiger partial charge in [-0.05, 0) is 55.5 Å². The number of ether oxygens (including phenoxy) is 1. The van der Waals surface area contributed by atoms with Gasteiger partial charge in [-0.15, -0.1) is 0 Å². The van der Waals surface area contributed by atoms with Gasteiger partial charge in [-0.1, -0.05) is 48.5 Å². The Hall–Kier alpha value is -3.50. The molecule has 0 unspecified atom stereocenters. The Balaban J connectivity index is 1.70. The number of rotatable bonds is 5. The highest BCUT2D eigenvalue weighted by molar-refractivity contribution is 7.97. The molecule has 3 nitrogen and oxygen atoms in total. The quantitative estimate of drug-likeness (QED) is 0.247. The summed E-state index contributed by atoms with van der Waals surface area (Å²) in [6.45, 7) is 1.72. The van der Waals surface area contributed by atoms with E-state index in [1.54, 1.807) is 31.2 Å². The summed E-state index contributed by atoms with van der Waals surface area (Å²) in [5.74, 6) is 0.00879. The minimum absolute atomic E-state index is 0.101. The summed E-state index contributed by atoms with van der Waals surface area (Å²) >= 11 is 0. The zero-order valence-electron chi connectivity index (χ0n) is 16.5. The van der Waals surface area contributed by atoms with Crippen LogP contribution in [0.5, 0.6) is 11.5 Å². The van der Waals surface area contributed by atoms with E-state index in [1.807, 2.05) is 54.6 Å². The summed E-state index contributed by atoms with van der Waals surface area (Å²) in [5, 5.41) is 9.86. The maximum atomic E-state index is 12.8. The Kier molecular flexibility index (Phi) is 5.87. The minimum Gasteiger partial charge on any atom is -0.508 e. The van der Waals surface area contributed by atoms with E-state index in [9.17, 15) is 9.90 Å². The van der Waals surface area contributed by atoms with Gasteiger partial charge in [0.1, 0.15) is 11.5 Å². The monoisotopic (exact) mass is 413 g/mol. The number of phenolic OH excluding ortho intramolecular Hbond substituents is 1. The van der Waals surface area contributed by atoms with Crippen molar-refractivity contribution in [1.82, 2.24) is 0 Å². The molecule has 4 heteroatoms. The maximum absolute atomic E-state index is 12.8. The van der Waals surface area contributed by atoms with Crippen LogP contribution in [0, 0.1) is 6.92 Å². The molecule has 0 atom stereocenters. The summed E-state index contributed by atoms with van der Waals surface area (Å²) in [4.78, 5) is 16.2. The molecule has 0 aliphatic carbocycles. The number of hydrogen-bond acceptors (Lipinski definition) is 3. The number of benzene rings is 4. The lowest BCUT2D eigenvalue weighted by Crippen LogP contribution is -2.11. The van der Waals surface area contributed by atoms with Crippen molar-refractivity contribution < 1.29 is 14.6 Å². The largest absolute Gasteiger partial charge is 0.508 e. The maximum Gasteiger partial charge on any atom is 0.343 e. The molecular formula is C26H21O3S+. The van der Waals surface area contributed by atoms with Crippen molar-refractivity contribution in [3.63, 3.8) is 0 Å². The predicted octanol–water partition coefficient (Wildman–Crippen LogP) is 6.02. The van der Waals surface area contributed by atoms with Crippen molar-refractivity contribution in [2.75, 3.05) is 0 Å². The van der Waals surface area contributed by atoms with Crippen LogP contribution in [-0.2, 0) is 10.9 Å². The highest BCUT2D eigenvalue weighted by atomic mass is 32.2. The Bertz CT molecular complexity index is 1120. The Labute approximate surface area is 178 Å². The third-order valence-electron chi connectivity index (χ3n) is 4.72. The zero-order chi connectivity index (χ0) is 20.9. The molecule has 0 aliphatic rings. The fourth-order valence-corrected chi connectivity index (χ4v) is 5.28. The van der Waals surface area contributed by atoms with Crippen molar-refractivity contribution >= 4 is 16.9 Å². The summed E-state index contributed by atoms with van der Waals surface area (Å²) in [7, 11) is -0.344. The second-order valence-electron chi connectivity index (χ2n) is 6.75. The molecule has 0 saturated heterocycles. The summed E-state index contributed by atoms with van der Waals surface area (Å²) in [6.07, 6.45) is 0. The van der Waals surface area contributed by atoms with Crippen LogP contribution >= 0.6 is 0 Å². The molecule has 4 aromatic carbocycles. The topological polar surface area (TPSA) is 46.5 Å². The molecule has 0 heterocycles. The Morgan fingerprint density at radius 1 is 0.733 bits per heavy atom. The van der Waals surface area contributed by atoms with Crippen LogP contribution in [0.15, 0.2) is 118 Å². The van der Waals surface area contributed by atoms with E-state index in [-0.39, 0.29) is 16.6 Å². The van der Waals surface area contributed by atoms with Crippen LogP contribution < -0.4 is 4.74 Å². The van der Waals surface area contributed by atoms with Crippen molar-refractivity contribution in [3.8, 4) is 11.5 Å². The molecular weight excluding hydrogens is 392 g/mol. The van der Waals surface area contributed by atoms with Crippen LogP contribution in [-0.4, -0.2) is 11.1 Å². The average Bonchev–Trinajstić information content (AvgIpc) is 2.79. The molecule has 0 bridgehead atoms. The van der Waals surface area contributed by atoms with E-state index >= 15 is 0 Å². The van der Waals surface area contributed by atoms with Gasteiger partial charge in [0, 0.05) is 11.6 Å². The molecule has 0 aromatic heterocycles. The molecule has 0 amide bonds. The molecule has 30 heavy (non-hydrogen) atoms. The highest BCUT2D eigenvalue weighted by Crippen LogP contribution is 2.32. The fraction of sp³-hybridized carbons (Fsp3) is 0.0385. The smallest absolute Gasteiger partial charge is 0.343 e. The van der Waals surface area contributed by atoms with Crippen molar-refractivity contribution in [1.29, 1.82) is 0 Å². The lowest BCUT2D eigenvalue weighted by molar-refractivity contribution is 0.0733. The van der Waals surface area contributed by atoms with Crippen LogP contribution in [0.25, 0.3) is 0 Å². The highest BCUT2D eigenvalue weighted by Gasteiger charge is 2.29. The summed E-state index contributed by atoms with van der Waals surface area (Å²) < 4.78 is 5.56. The normalized spacial score (nSPS) is 10.7. The minimum atomic E-state index is -0.449. The molecule has 148 valence electrons. The van der Waals surface area contributed by atoms with E-state index in [2.05, 4.69) is 24.3 Å². The molecule has 4 rings (SSSR count). The van der Waals surface area contributed by atoms with Crippen LogP contribution in [0.1, 0.15) is 15.9 Å². The first kappa shape index (κ1) is 19.8. The van der Waals surface area contributed by atoms with E-state index in [0.717, 1.165) is 4.90 Å². The second-order valence-corrected chi connectivity index (χ2v) is 8.78. The number of esters is 1. The molecule has 0 aliphatic heterocycles. The number of carbonyl (C=O) groups excluding carboxylic acids is 1. The first-order valence-corrected chi connectivity index (χ1v) is 10.8. The van der Waals surface area contributed by atoms with E-state index in [0.29, 0.717) is 16.9 Å². The van der Waals surface area contributed by atoms with Gasteiger partial charge in [-0.3, -0.25) is 0 Å². The standard InChI is InChI=1S/C26H20O3S/c1-19-24(27)16-9-17-25(19)29-26(28)20-10-8-15-23(18-20)30(21-11-4-2-5-12-21)22-13-6-3-7-14-22/h2-18H,1H3/p+1. The van der Waals surface area contributed by atoms with Crippen LogP contribution in [0.3, 0.4) is 0 Å². The van der Waals surface area contributed by atoms with Gasteiger partial charge >= 0.3 is 5.97 Å². The number of carbonyl (C=O) groups is 1. The SMILES string of the molecule is Cc1c(O)cccc1OC(=O)c1cccc([S+](c2ccccc2)c2ccccc2)c1. The Morgan fingerprint density at radius 2 is 1.30 bits per heavy atom. The van der Waals surface area contributed by atoms with Gasteiger partial charge < -0.3 is 9.84 Å². The van der Waals surface area contributed by atoms with Crippen molar-refractivity contribution in [3.05, 3.63) is 114 Å². The van der Waals surface area contributed by atoms with E-state index < -0.39 is 5.97 Å². The summed E-state index contributed by atoms with van der Waals surface area (Å²) in [5.41, 5.74) is 1.01. The van der Waals surface area contributed by atoms with Gasteiger partial charge in [0.15, 0.2) is 14.7 Å². The third-order valence-corrected chi connectivity index (χ3v) is 6.93. The third kappa shape index (κ3) is 4.24.